The second kappa shape index (κ2) is 8.10. The summed E-state index contributed by atoms with van der Waals surface area (Å²) in [5.41, 5.74) is 0.307. The van der Waals surface area contributed by atoms with E-state index in [1.54, 1.807) is 0 Å². The Bertz CT molecular complexity index is 509. The van der Waals surface area contributed by atoms with Crippen molar-refractivity contribution in [2.24, 2.45) is 0 Å². The number of hydrogen-bond acceptors (Lipinski definition) is 6. The smallest absolute Gasteiger partial charge is 0.335 e. The summed E-state index contributed by atoms with van der Waals surface area (Å²) < 4.78 is 10.5. The first-order valence-corrected chi connectivity index (χ1v) is 7.99. The Labute approximate surface area is 134 Å². The van der Waals surface area contributed by atoms with Gasteiger partial charge in [0.25, 0.3) is 0 Å². The third-order valence-electron chi connectivity index (χ3n) is 4.16. The van der Waals surface area contributed by atoms with Crippen molar-refractivity contribution in [3.05, 3.63) is 11.1 Å². The molecule has 2 atom stereocenters. The van der Waals surface area contributed by atoms with Crippen molar-refractivity contribution in [3.63, 3.8) is 0 Å². The number of esters is 2. The fourth-order valence-corrected chi connectivity index (χ4v) is 3.10. The van der Waals surface area contributed by atoms with Crippen molar-refractivity contribution >= 4 is 17.9 Å². The molecular formula is C16H22O7. The van der Waals surface area contributed by atoms with Crippen LogP contribution in [0, 0.1) is 0 Å². The Morgan fingerprint density at radius 2 is 1.61 bits per heavy atom. The molecule has 2 aliphatic rings. The average Bonchev–Trinajstić information content (AvgIpc) is 2.71. The molecule has 2 saturated heterocycles. The topological polar surface area (TPSA) is 110 Å². The van der Waals surface area contributed by atoms with Gasteiger partial charge in [-0.15, -0.1) is 0 Å². The lowest BCUT2D eigenvalue weighted by Gasteiger charge is -2.28. The van der Waals surface area contributed by atoms with Crippen LogP contribution in [0.5, 0.6) is 0 Å². The van der Waals surface area contributed by atoms with Gasteiger partial charge < -0.3 is 19.7 Å². The number of aliphatic carboxylic acids is 1. The molecule has 2 N–H and O–H groups in total. The maximum absolute atomic E-state index is 11.8. The molecular weight excluding hydrogens is 304 g/mol. The van der Waals surface area contributed by atoms with Gasteiger partial charge in [0.15, 0.2) is 0 Å². The summed E-state index contributed by atoms with van der Waals surface area (Å²) in [7, 11) is 0. The second-order valence-corrected chi connectivity index (χ2v) is 5.81. The summed E-state index contributed by atoms with van der Waals surface area (Å²) in [4.78, 5) is 35.0. The first-order valence-electron chi connectivity index (χ1n) is 7.99. The first-order chi connectivity index (χ1) is 11.0. The van der Waals surface area contributed by atoms with Crippen molar-refractivity contribution < 1.29 is 34.1 Å². The molecule has 2 fully saturated rings. The SMILES string of the molecule is O=C1CCCC(C(CCO)=C(C(=O)O)C2CCCCC(=O)O2)O1. The van der Waals surface area contributed by atoms with Crippen LogP contribution >= 0.6 is 0 Å². The van der Waals surface area contributed by atoms with Crippen LogP contribution < -0.4 is 0 Å². The van der Waals surface area contributed by atoms with E-state index >= 15 is 0 Å². The van der Waals surface area contributed by atoms with E-state index in [4.69, 9.17) is 9.47 Å². The van der Waals surface area contributed by atoms with E-state index in [1.165, 1.54) is 0 Å². The summed E-state index contributed by atoms with van der Waals surface area (Å²) in [5, 5.41) is 18.9. The maximum Gasteiger partial charge on any atom is 0.335 e. The van der Waals surface area contributed by atoms with Crippen LogP contribution in [0.3, 0.4) is 0 Å². The summed E-state index contributed by atoms with van der Waals surface area (Å²) in [5.74, 6) is -2.00. The number of hydrogen-bond donors (Lipinski definition) is 2. The number of aliphatic hydroxyl groups is 1. The highest BCUT2D eigenvalue weighted by Gasteiger charge is 2.34. The zero-order valence-electron chi connectivity index (χ0n) is 13.0. The van der Waals surface area contributed by atoms with E-state index in [1.807, 2.05) is 0 Å². The number of cyclic esters (lactones) is 2. The standard InChI is InChI=1S/C16H22O7/c17-9-8-10(11-5-3-7-14(19)22-11)15(16(20)21)12-4-1-2-6-13(18)23-12/h11-12,17H,1-9H2,(H,20,21). The van der Waals surface area contributed by atoms with Gasteiger partial charge in [-0.1, -0.05) is 0 Å². The Hall–Kier alpha value is -1.89. The minimum absolute atomic E-state index is 0.0472. The molecule has 2 rings (SSSR count). The van der Waals surface area contributed by atoms with Crippen molar-refractivity contribution in [2.75, 3.05) is 6.61 Å². The highest BCUT2D eigenvalue weighted by Crippen LogP contribution is 2.30. The fourth-order valence-electron chi connectivity index (χ4n) is 3.10. The zero-order chi connectivity index (χ0) is 16.8. The Balaban J connectivity index is 2.37. The second-order valence-electron chi connectivity index (χ2n) is 5.81. The van der Waals surface area contributed by atoms with E-state index in [2.05, 4.69) is 0 Å². The first kappa shape index (κ1) is 17.5. The van der Waals surface area contributed by atoms with Gasteiger partial charge in [0.05, 0.1) is 5.57 Å². The predicted octanol–water partition coefficient (Wildman–Crippen LogP) is 1.33. The molecule has 128 valence electrons. The van der Waals surface area contributed by atoms with Crippen molar-refractivity contribution in [1.82, 2.24) is 0 Å². The van der Waals surface area contributed by atoms with Gasteiger partial charge in [0.2, 0.25) is 0 Å². The molecule has 2 heterocycles. The van der Waals surface area contributed by atoms with Crippen molar-refractivity contribution in [3.8, 4) is 0 Å². The molecule has 0 radical (unpaired) electrons. The van der Waals surface area contributed by atoms with Gasteiger partial charge in [-0.05, 0) is 44.1 Å². The normalized spacial score (nSPS) is 26.7. The number of carbonyl (C=O) groups excluding carboxylic acids is 2. The molecule has 7 heteroatoms. The minimum atomic E-state index is -1.20. The lowest BCUT2D eigenvalue weighted by Crippen LogP contribution is -2.32. The summed E-state index contributed by atoms with van der Waals surface area (Å²) in [6.45, 7) is -0.263. The number of carbonyl (C=O) groups is 3. The molecule has 0 aromatic rings. The van der Waals surface area contributed by atoms with E-state index in [-0.39, 0.29) is 31.0 Å². The average molecular weight is 326 g/mol. The molecule has 0 aromatic carbocycles. The lowest BCUT2D eigenvalue weighted by atomic mass is 9.90. The number of aliphatic hydroxyl groups excluding tert-OH is 1. The highest BCUT2D eigenvalue weighted by atomic mass is 16.6. The van der Waals surface area contributed by atoms with Gasteiger partial charge in [-0.2, -0.15) is 0 Å². The Morgan fingerprint density at radius 3 is 2.26 bits per heavy atom. The van der Waals surface area contributed by atoms with Gasteiger partial charge in [-0.25, -0.2) is 4.79 Å². The maximum atomic E-state index is 11.8. The summed E-state index contributed by atoms with van der Waals surface area (Å²) >= 11 is 0. The van der Waals surface area contributed by atoms with Crippen LogP contribution in [0.4, 0.5) is 0 Å². The lowest BCUT2D eigenvalue weighted by molar-refractivity contribution is -0.153. The third kappa shape index (κ3) is 4.54. The predicted molar refractivity (Wildman–Crippen MR) is 78.4 cm³/mol. The molecule has 23 heavy (non-hydrogen) atoms. The third-order valence-corrected chi connectivity index (χ3v) is 4.16. The Kier molecular flexibility index (Phi) is 6.15. The van der Waals surface area contributed by atoms with Crippen LogP contribution in [0.2, 0.25) is 0 Å². The number of ether oxygens (including phenoxy) is 2. The van der Waals surface area contributed by atoms with Crippen LogP contribution in [-0.2, 0) is 23.9 Å². The summed E-state index contributed by atoms with van der Waals surface area (Å²) in [6, 6.07) is 0. The summed E-state index contributed by atoms with van der Waals surface area (Å²) in [6.07, 6.45) is 2.02. The van der Waals surface area contributed by atoms with Gasteiger partial charge in [-0.3, -0.25) is 9.59 Å². The molecule has 2 aliphatic heterocycles. The number of rotatable bonds is 5. The van der Waals surface area contributed by atoms with Gasteiger partial charge in [0.1, 0.15) is 12.2 Å². The van der Waals surface area contributed by atoms with Crippen molar-refractivity contribution in [1.29, 1.82) is 0 Å². The molecule has 0 aliphatic carbocycles. The minimum Gasteiger partial charge on any atom is -0.478 e. The largest absolute Gasteiger partial charge is 0.478 e. The fraction of sp³-hybridized carbons (Fsp3) is 0.688. The molecule has 0 spiro atoms. The zero-order valence-corrected chi connectivity index (χ0v) is 13.0. The molecule has 2 unspecified atom stereocenters. The number of carboxylic acids is 1. The van der Waals surface area contributed by atoms with E-state index in [0.717, 1.165) is 0 Å². The van der Waals surface area contributed by atoms with Crippen LogP contribution in [0.15, 0.2) is 11.1 Å². The van der Waals surface area contributed by atoms with E-state index in [9.17, 15) is 24.6 Å². The van der Waals surface area contributed by atoms with Crippen LogP contribution in [0.1, 0.15) is 51.4 Å². The van der Waals surface area contributed by atoms with Crippen molar-refractivity contribution in [2.45, 2.75) is 63.6 Å². The van der Waals surface area contributed by atoms with Crippen LogP contribution in [0.25, 0.3) is 0 Å². The van der Waals surface area contributed by atoms with Gasteiger partial charge in [0, 0.05) is 19.4 Å². The molecule has 0 saturated carbocycles. The molecule has 0 aromatic heterocycles. The van der Waals surface area contributed by atoms with E-state index in [0.29, 0.717) is 44.1 Å². The molecule has 7 nitrogen and oxygen atoms in total. The Morgan fingerprint density at radius 1 is 1.00 bits per heavy atom. The molecule has 0 amide bonds. The molecule has 0 bridgehead atoms. The van der Waals surface area contributed by atoms with Gasteiger partial charge >= 0.3 is 17.9 Å². The quantitative estimate of drug-likeness (QED) is 0.579. The number of carboxylic acid groups (broad SMARTS) is 1. The van der Waals surface area contributed by atoms with Crippen LogP contribution in [-0.4, -0.2) is 46.9 Å². The van der Waals surface area contributed by atoms with E-state index < -0.39 is 24.1 Å². The highest BCUT2D eigenvalue weighted by molar-refractivity contribution is 5.90. The monoisotopic (exact) mass is 326 g/mol.